The molecule has 0 saturated heterocycles. The number of aliphatic carboxylic acids is 1. The Labute approximate surface area is 159 Å². The fourth-order valence-corrected chi connectivity index (χ4v) is 2.94. The van der Waals surface area contributed by atoms with Crippen molar-refractivity contribution in [2.24, 2.45) is 0 Å². The standard InChI is InChI=1S/C23H36O3/c1-2-3-4-5-6-7-8-9-10-11-12-16-21-17-13-14-18-22(21)26-20-15-19-23(24)25/h12-14,16-18H,2-11,15,19-20H2,1H3,(H,24,25). The normalized spacial score (nSPS) is 11.1. The molecule has 0 aromatic heterocycles. The summed E-state index contributed by atoms with van der Waals surface area (Å²) in [4.78, 5) is 10.5. The van der Waals surface area contributed by atoms with Gasteiger partial charge in [0, 0.05) is 12.0 Å². The molecule has 0 bridgehead atoms. The van der Waals surface area contributed by atoms with Gasteiger partial charge >= 0.3 is 5.97 Å². The van der Waals surface area contributed by atoms with E-state index in [1.165, 1.54) is 57.8 Å². The van der Waals surface area contributed by atoms with Crippen LogP contribution in [0.15, 0.2) is 30.3 Å². The number of carboxylic acids is 1. The van der Waals surface area contributed by atoms with Gasteiger partial charge in [0.1, 0.15) is 5.75 Å². The van der Waals surface area contributed by atoms with E-state index in [0.29, 0.717) is 13.0 Å². The Morgan fingerprint density at radius 2 is 1.62 bits per heavy atom. The average Bonchev–Trinajstić information content (AvgIpc) is 2.64. The molecule has 1 aromatic carbocycles. The number of hydrogen-bond acceptors (Lipinski definition) is 2. The quantitative estimate of drug-likeness (QED) is 0.327. The van der Waals surface area contributed by atoms with Gasteiger partial charge in [0.2, 0.25) is 0 Å². The van der Waals surface area contributed by atoms with Gasteiger partial charge in [0.25, 0.3) is 0 Å². The Morgan fingerprint density at radius 3 is 2.31 bits per heavy atom. The minimum absolute atomic E-state index is 0.149. The van der Waals surface area contributed by atoms with Gasteiger partial charge in [-0.05, 0) is 25.3 Å². The van der Waals surface area contributed by atoms with E-state index >= 15 is 0 Å². The van der Waals surface area contributed by atoms with Crippen LogP contribution in [0.1, 0.15) is 89.5 Å². The summed E-state index contributed by atoms with van der Waals surface area (Å²) in [6.45, 7) is 2.70. The zero-order valence-electron chi connectivity index (χ0n) is 16.4. The van der Waals surface area contributed by atoms with E-state index in [4.69, 9.17) is 9.84 Å². The molecule has 0 amide bonds. The van der Waals surface area contributed by atoms with E-state index < -0.39 is 5.97 Å². The minimum atomic E-state index is -0.775. The predicted molar refractivity (Wildman–Crippen MR) is 110 cm³/mol. The summed E-state index contributed by atoms with van der Waals surface area (Å²) in [5.41, 5.74) is 1.07. The van der Waals surface area contributed by atoms with Crippen molar-refractivity contribution < 1.29 is 14.6 Å². The van der Waals surface area contributed by atoms with Crippen molar-refractivity contribution in [2.75, 3.05) is 6.61 Å². The minimum Gasteiger partial charge on any atom is -0.493 e. The lowest BCUT2D eigenvalue weighted by Gasteiger charge is -2.08. The lowest BCUT2D eigenvalue weighted by atomic mass is 10.1. The molecule has 0 atom stereocenters. The summed E-state index contributed by atoms with van der Waals surface area (Å²) < 4.78 is 5.72. The Balaban J connectivity index is 2.16. The molecule has 0 aliphatic heterocycles. The van der Waals surface area contributed by atoms with Crippen LogP contribution < -0.4 is 4.74 Å². The van der Waals surface area contributed by atoms with Gasteiger partial charge in [-0.1, -0.05) is 88.6 Å². The molecule has 26 heavy (non-hydrogen) atoms. The first-order chi connectivity index (χ1) is 12.7. The third-order valence-corrected chi connectivity index (χ3v) is 4.48. The number of hydrogen-bond donors (Lipinski definition) is 1. The molecule has 3 heteroatoms. The molecule has 1 rings (SSSR count). The van der Waals surface area contributed by atoms with Crippen molar-refractivity contribution in [3.63, 3.8) is 0 Å². The van der Waals surface area contributed by atoms with E-state index in [-0.39, 0.29) is 6.42 Å². The Hall–Kier alpha value is -1.77. The number of rotatable bonds is 16. The number of carboxylic acid groups (broad SMARTS) is 1. The number of allylic oxidation sites excluding steroid dienone is 1. The monoisotopic (exact) mass is 360 g/mol. The molecule has 0 unspecified atom stereocenters. The molecule has 3 nitrogen and oxygen atoms in total. The summed E-state index contributed by atoms with van der Waals surface area (Å²) in [5.74, 6) is 0.0592. The van der Waals surface area contributed by atoms with Crippen LogP contribution in [0, 0.1) is 0 Å². The molecule has 0 fully saturated rings. The van der Waals surface area contributed by atoms with Gasteiger partial charge in [0.15, 0.2) is 0 Å². The number of carbonyl (C=O) groups is 1. The summed E-state index contributed by atoms with van der Waals surface area (Å²) in [7, 11) is 0. The molecule has 0 spiro atoms. The van der Waals surface area contributed by atoms with Crippen LogP contribution in [-0.2, 0) is 4.79 Å². The van der Waals surface area contributed by atoms with Gasteiger partial charge in [-0.2, -0.15) is 0 Å². The number of unbranched alkanes of at least 4 members (excludes halogenated alkanes) is 9. The van der Waals surface area contributed by atoms with E-state index in [1.54, 1.807) is 0 Å². The number of ether oxygens (including phenoxy) is 1. The zero-order valence-corrected chi connectivity index (χ0v) is 16.4. The second-order valence-corrected chi connectivity index (χ2v) is 6.90. The fourth-order valence-electron chi connectivity index (χ4n) is 2.94. The second kappa shape index (κ2) is 15.5. The first-order valence-electron chi connectivity index (χ1n) is 10.3. The second-order valence-electron chi connectivity index (χ2n) is 6.90. The Bertz CT molecular complexity index is 508. The van der Waals surface area contributed by atoms with E-state index in [2.05, 4.69) is 19.1 Å². The molecule has 0 aliphatic rings. The fraction of sp³-hybridized carbons (Fsp3) is 0.609. The third kappa shape index (κ3) is 11.7. The molecular formula is C23H36O3. The molecule has 1 aromatic rings. The van der Waals surface area contributed by atoms with Crippen LogP contribution in [0.3, 0.4) is 0 Å². The van der Waals surface area contributed by atoms with Crippen molar-refractivity contribution in [1.29, 1.82) is 0 Å². The molecule has 0 radical (unpaired) electrons. The summed E-state index contributed by atoms with van der Waals surface area (Å²) in [5, 5.41) is 8.67. The van der Waals surface area contributed by atoms with Crippen LogP contribution in [0.2, 0.25) is 0 Å². The Kier molecular flexibility index (Phi) is 13.3. The van der Waals surface area contributed by atoms with Crippen molar-refractivity contribution in [3.8, 4) is 5.75 Å². The molecule has 0 heterocycles. The van der Waals surface area contributed by atoms with Gasteiger partial charge < -0.3 is 9.84 Å². The predicted octanol–water partition coefficient (Wildman–Crippen LogP) is 6.86. The van der Waals surface area contributed by atoms with Gasteiger partial charge in [-0.3, -0.25) is 4.79 Å². The third-order valence-electron chi connectivity index (χ3n) is 4.48. The van der Waals surface area contributed by atoms with Gasteiger partial charge in [-0.25, -0.2) is 0 Å². The van der Waals surface area contributed by atoms with Gasteiger partial charge in [0.05, 0.1) is 6.61 Å². The maximum atomic E-state index is 10.5. The summed E-state index contributed by atoms with van der Waals surface area (Å²) >= 11 is 0. The van der Waals surface area contributed by atoms with Crippen molar-refractivity contribution in [2.45, 2.75) is 84.0 Å². The number of benzene rings is 1. The lowest BCUT2D eigenvalue weighted by Crippen LogP contribution is -2.02. The van der Waals surface area contributed by atoms with Crippen molar-refractivity contribution in [3.05, 3.63) is 35.9 Å². The highest BCUT2D eigenvalue weighted by molar-refractivity contribution is 5.66. The highest BCUT2D eigenvalue weighted by atomic mass is 16.5. The first kappa shape index (κ1) is 22.3. The van der Waals surface area contributed by atoms with Gasteiger partial charge in [-0.15, -0.1) is 0 Å². The largest absolute Gasteiger partial charge is 0.493 e. The zero-order chi connectivity index (χ0) is 18.9. The van der Waals surface area contributed by atoms with Crippen molar-refractivity contribution in [1.82, 2.24) is 0 Å². The molecular weight excluding hydrogens is 324 g/mol. The van der Waals surface area contributed by atoms with Crippen LogP contribution in [-0.4, -0.2) is 17.7 Å². The SMILES string of the molecule is CCCCCCCCCCCC=Cc1ccccc1OCCCC(=O)O. The van der Waals surface area contributed by atoms with Crippen LogP contribution >= 0.6 is 0 Å². The smallest absolute Gasteiger partial charge is 0.303 e. The average molecular weight is 361 g/mol. The highest BCUT2D eigenvalue weighted by Crippen LogP contribution is 2.20. The van der Waals surface area contributed by atoms with Crippen LogP contribution in [0.5, 0.6) is 5.75 Å². The number of para-hydroxylation sites is 1. The lowest BCUT2D eigenvalue weighted by molar-refractivity contribution is -0.137. The molecule has 0 aliphatic carbocycles. The highest BCUT2D eigenvalue weighted by Gasteiger charge is 2.01. The van der Waals surface area contributed by atoms with E-state index in [0.717, 1.165) is 17.7 Å². The van der Waals surface area contributed by atoms with Crippen LogP contribution in [0.25, 0.3) is 6.08 Å². The maximum absolute atomic E-state index is 10.5. The van der Waals surface area contributed by atoms with E-state index in [1.807, 2.05) is 24.3 Å². The topological polar surface area (TPSA) is 46.5 Å². The Morgan fingerprint density at radius 1 is 0.962 bits per heavy atom. The molecule has 1 N–H and O–H groups in total. The summed E-state index contributed by atoms with van der Waals surface area (Å²) in [6.07, 6.45) is 18.3. The van der Waals surface area contributed by atoms with E-state index in [9.17, 15) is 4.79 Å². The van der Waals surface area contributed by atoms with Crippen molar-refractivity contribution >= 4 is 12.0 Å². The first-order valence-corrected chi connectivity index (χ1v) is 10.3. The molecule has 146 valence electrons. The van der Waals surface area contributed by atoms with Crippen LogP contribution in [0.4, 0.5) is 0 Å². The maximum Gasteiger partial charge on any atom is 0.303 e. The summed E-state index contributed by atoms with van der Waals surface area (Å²) in [6, 6.07) is 7.94. The molecule has 0 saturated carbocycles.